The average Bonchev–Trinajstić information content (AvgIpc) is 2.25. The molecule has 1 heterocycles. The van der Waals surface area contributed by atoms with Crippen LogP contribution >= 0.6 is 7.60 Å². The Kier molecular flexibility index (Phi) is 5.09. The number of urea groups is 1. The second-order valence-electron chi connectivity index (χ2n) is 4.06. The van der Waals surface area contributed by atoms with E-state index in [-0.39, 0.29) is 38.4 Å². The Labute approximate surface area is 104 Å². The van der Waals surface area contributed by atoms with Crippen LogP contribution in [0.4, 0.5) is 4.79 Å². The number of aliphatic imine (C=N–C) groups is 1. The fourth-order valence-corrected chi connectivity index (χ4v) is 2.20. The second-order valence-corrected chi connectivity index (χ2v) is 5.84. The van der Waals surface area contributed by atoms with E-state index in [2.05, 4.69) is 10.3 Å². The number of nitrogens with zero attached hydrogens (tertiary/aromatic N) is 2. The lowest BCUT2D eigenvalue weighted by molar-refractivity contribution is 0.160. The molecule has 104 valence electrons. The molecule has 0 bridgehead atoms. The van der Waals surface area contributed by atoms with E-state index in [1.807, 2.05) is 0 Å². The van der Waals surface area contributed by atoms with Gasteiger partial charge in [0, 0.05) is 19.1 Å². The van der Waals surface area contributed by atoms with Crippen molar-refractivity contribution in [3.05, 3.63) is 0 Å². The maximum Gasteiger partial charge on any atom is 0.325 e. The van der Waals surface area contributed by atoms with Gasteiger partial charge in [-0.05, 0) is 6.42 Å². The summed E-state index contributed by atoms with van der Waals surface area (Å²) in [6, 6.07) is -0.433. The van der Waals surface area contributed by atoms with Crippen LogP contribution in [0.15, 0.2) is 4.99 Å². The third-order valence-electron chi connectivity index (χ3n) is 2.50. The molecule has 1 atom stereocenters. The number of guanidine groups is 1. The fourth-order valence-electron chi connectivity index (χ4n) is 1.50. The summed E-state index contributed by atoms with van der Waals surface area (Å²) in [5.74, 6) is -0.370. The van der Waals surface area contributed by atoms with E-state index in [0.717, 1.165) is 0 Å². The topological polar surface area (TPSA) is 148 Å². The van der Waals surface area contributed by atoms with Crippen molar-refractivity contribution in [3.8, 4) is 0 Å². The Morgan fingerprint density at radius 2 is 2.22 bits per heavy atom. The number of amides is 2. The van der Waals surface area contributed by atoms with Crippen molar-refractivity contribution in [1.82, 2.24) is 10.2 Å². The van der Waals surface area contributed by atoms with Crippen LogP contribution < -0.4 is 11.1 Å². The monoisotopic (exact) mass is 280 g/mol. The zero-order valence-corrected chi connectivity index (χ0v) is 10.6. The Bertz CT molecular complexity index is 382. The van der Waals surface area contributed by atoms with Gasteiger partial charge in [0.1, 0.15) is 6.67 Å². The predicted molar refractivity (Wildman–Crippen MR) is 63.8 cm³/mol. The molecule has 0 spiro atoms. The van der Waals surface area contributed by atoms with Crippen molar-refractivity contribution in [3.63, 3.8) is 0 Å². The maximum atomic E-state index is 11.5. The number of hydrogen-bond acceptors (Lipinski definition) is 5. The third kappa shape index (κ3) is 5.01. The maximum absolute atomic E-state index is 11.5. The number of carbonyl (C=O) groups is 1. The highest BCUT2D eigenvalue weighted by molar-refractivity contribution is 7.51. The minimum absolute atomic E-state index is 0.0343. The van der Waals surface area contributed by atoms with E-state index in [9.17, 15) is 9.36 Å². The van der Waals surface area contributed by atoms with E-state index < -0.39 is 19.5 Å². The molecule has 2 amide bonds. The lowest BCUT2D eigenvalue weighted by Gasteiger charge is -2.28. The molecule has 0 saturated carbocycles. The molecule has 1 aliphatic rings. The van der Waals surface area contributed by atoms with Gasteiger partial charge in [-0.15, -0.1) is 0 Å². The van der Waals surface area contributed by atoms with Crippen LogP contribution in [0.2, 0.25) is 0 Å². The summed E-state index contributed by atoms with van der Waals surface area (Å²) in [6.45, 7) is -0.0217. The van der Waals surface area contributed by atoms with Crippen molar-refractivity contribution in [2.24, 2.45) is 16.6 Å². The minimum Gasteiger partial charge on any atom is -0.396 e. The van der Waals surface area contributed by atoms with Gasteiger partial charge in [-0.25, -0.2) is 9.79 Å². The van der Waals surface area contributed by atoms with E-state index in [4.69, 9.17) is 20.6 Å². The molecule has 0 aromatic rings. The molecular weight excluding hydrogens is 263 g/mol. The van der Waals surface area contributed by atoms with Gasteiger partial charge in [0.15, 0.2) is 5.96 Å². The number of nitrogens with one attached hydrogen (secondary N) is 1. The number of aliphatic hydroxyl groups is 1. The average molecular weight is 280 g/mol. The molecule has 0 aromatic carbocycles. The summed E-state index contributed by atoms with van der Waals surface area (Å²) in [5, 5.41) is 11.4. The first kappa shape index (κ1) is 14.9. The van der Waals surface area contributed by atoms with Gasteiger partial charge in [0.2, 0.25) is 0 Å². The molecule has 0 saturated heterocycles. The third-order valence-corrected chi connectivity index (χ3v) is 3.34. The van der Waals surface area contributed by atoms with Crippen LogP contribution in [0.5, 0.6) is 0 Å². The predicted octanol–water partition coefficient (Wildman–Crippen LogP) is -1.54. The number of rotatable bonds is 6. The van der Waals surface area contributed by atoms with Gasteiger partial charge in [0.05, 0.1) is 6.16 Å². The first-order valence-corrected chi connectivity index (χ1v) is 7.13. The largest absolute Gasteiger partial charge is 0.396 e. The van der Waals surface area contributed by atoms with Gasteiger partial charge in [-0.3, -0.25) is 9.88 Å². The van der Waals surface area contributed by atoms with Crippen LogP contribution in [0.3, 0.4) is 0 Å². The summed E-state index contributed by atoms with van der Waals surface area (Å²) in [7, 11) is -4.09. The number of aliphatic hydroxyl groups excluding tert-OH is 1. The van der Waals surface area contributed by atoms with E-state index >= 15 is 0 Å². The number of nitrogens with two attached hydrogens (primary N) is 1. The molecule has 0 radical (unpaired) electrons. The van der Waals surface area contributed by atoms with Gasteiger partial charge in [0.25, 0.3) is 0 Å². The van der Waals surface area contributed by atoms with E-state index in [1.165, 1.54) is 4.90 Å². The van der Waals surface area contributed by atoms with Gasteiger partial charge >= 0.3 is 13.6 Å². The Morgan fingerprint density at radius 3 is 2.72 bits per heavy atom. The van der Waals surface area contributed by atoms with Crippen LogP contribution in [-0.2, 0) is 4.57 Å². The van der Waals surface area contributed by atoms with Crippen molar-refractivity contribution >= 4 is 19.6 Å². The normalized spacial score (nSPS) is 18.3. The van der Waals surface area contributed by atoms with E-state index in [1.54, 1.807) is 0 Å². The lowest BCUT2D eigenvalue weighted by atomic mass is 10.1. The quantitative estimate of drug-likeness (QED) is 0.372. The highest BCUT2D eigenvalue weighted by atomic mass is 31.2. The standard InChI is InChI=1S/C8H17N4O5P/c9-7-10-5-12(8(14)11-7)3-6(4-13)1-2-18(15,16)17/h6,13H,1-5H2,(H2,15,16,17)(H3,9,10,11,14)/t6-/m0/s1. The zero-order valence-electron chi connectivity index (χ0n) is 9.69. The number of hydrogen-bond donors (Lipinski definition) is 5. The Hall–Kier alpha value is -1.15. The van der Waals surface area contributed by atoms with Crippen LogP contribution in [-0.4, -0.2) is 57.8 Å². The molecule has 1 rings (SSSR count). The van der Waals surface area contributed by atoms with Gasteiger partial charge in [-0.1, -0.05) is 0 Å². The van der Waals surface area contributed by atoms with Crippen LogP contribution in [0.25, 0.3) is 0 Å². The summed E-state index contributed by atoms with van der Waals surface area (Å²) in [4.78, 5) is 34.1. The molecule has 0 unspecified atom stereocenters. The molecule has 1 aliphatic heterocycles. The van der Waals surface area contributed by atoms with Crippen LogP contribution in [0, 0.1) is 5.92 Å². The first-order valence-electron chi connectivity index (χ1n) is 5.33. The molecule has 6 N–H and O–H groups in total. The van der Waals surface area contributed by atoms with Crippen molar-refractivity contribution in [2.75, 3.05) is 26.0 Å². The van der Waals surface area contributed by atoms with Gasteiger partial charge in [-0.2, -0.15) is 0 Å². The van der Waals surface area contributed by atoms with Crippen molar-refractivity contribution in [2.45, 2.75) is 6.42 Å². The minimum atomic E-state index is -4.09. The molecule has 10 heteroatoms. The van der Waals surface area contributed by atoms with Crippen molar-refractivity contribution < 1.29 is 24.3 Å². The van der Waals surface area contributed by atoms with Gasteiger partial charge < -0.3 is 25.5 Å². The van der Waals surface area contributed by atoms with E-state index in [0.29, 0.717) is 0 Å². The lowest BCUT2D eigenvalue weighted by Crippen LogP contribution is -2.52. The molecule has 0 aliphatic carbocycles. The molecule has 9 nitrogen and oxygen atoms in total. The Balaban J connectivity index is 2.48. The summed E-state index contributed by atoms with van der Waals surface area (Å²) >= 11 is 0. The molecule has 0 fully saturated rings. The summed E-state index contributed by atoms with van der Waals surface area (Å²) in [6.07, 6.45) is -0.192. The highest BCUT2D eigenvalue weighted by Crippen LogP contribution is 2.36. The smallest absolute Gasteiger partial charge is 0.325 e. The Morgan fingerprint density at radius 1 is 1.56 bits per heavy atom. The first-order chi connectivity index (χ1) is 8.31. The SMILES string of the molecule is NC1=NCN(C[C@@H](CO)CCP(=O)(O)O)C(=O)N1. The molecule has 18 heavy (non-hydrogen) atoms. The fraction of sp³-hybridized carbons (Fsp3) is 0.750. The highest BCUT2D eigenvalue weighted by Gasteiger charge is 2.24. The summed E-state index contributed by atoms with van der Waals surface area (Å²) < 4.78 is 10.7. The number of carbonyl (C=O) groups excluding carboxylic acids is 1. The second kappa shape index (κ2) is 6.14. The van der Waals surface area contributed by atoms with Crippen LogP contribution in [0.1, 0.15) is 6.42 Å². The summed E-state index contributed by atoms with van der Waals surface area (Å²) in [5.41, 5.74) is 5.31. The molecule has 0 aromatic heterocycles. The molecular formula is C8H17N4O5P. The zero-order chi connectivity index (χ0) is 13.8. The van der Waals surface area contributed by atoms with Crippen molar-refractivity contribution in [1.29, 1.82) is 0 Å².